The van der Waals surface area contributed by atoms with Crippen LogP contribution in [0.25, 0.3) is 0 Å². The van der Waals surface area contributed by atoms with Crippen molar-refractivity contribution in [2.45, 2.75) is 25.7 Å². The molecule has 2 atom stereocenters. The van der Waals surface area contributed by atoms with Crippen molar-refractivity contribution in [2.24, 2.45) is 0 Å². The van der Waals surface area contributed by atoms with Crippen LogP contribution in [0.15, 0.2) is 30.3 Å². The average molecular weight is 236 g/mol. The Hall–Kier alpha value is -1.39. The fourth-order valence-electron chi connectivity index (χ4n) is 1.76. The number of rotatable bonds is 4. The molecule has 2 rings (SSSR count). The number of ether oxygens (including phenoxy) is 3. The molecule has 1 aliphatic rings. The number of esters is 1. The van der Waals surface area contributed by atoms with E-state index in [9.17, 15) is 4.79 Å². The molecule has 1 heterocycles. The summed E-state index contributed by atoms with van der Waals surface area (Å²) >= 11 is 0. The van der Waals surface area contributed by atoms with Crippen LogP contribution in [-0.4, -0.2) is 25.5 Å². The first-order valence-electron chi connectivity index (χ1n) is 5.77. The van der Waals surface area contributed by atoms with Gasteiger partial charge in [0, 0.05) is 0 Å². The lowest BCUT2D eigenvalue weighted by Crippen LogP contribution is -2.16. The van der Waals surface area contributed by atoms with Crippen molar-refractivity contribution in [3.05, 3.63) is 35.9 Å². The van der Waals surface area contributed by atoms with Gasteiger partial charge >= 0.3 is 5.97 Å². The molecule has 1 aromatic carbocycles. The van der Waals surface area contributed by atoms with Crippen molar-refractivity contribution >= 4 is 5.97 Å². The van der Waals surface area contributed by atoms with Gasteiger partial charge in [-0.05, 0) is 12.5 Å². The first-order valence-corrected chi connectivity index (χ1v) is 5.77. The molecule has 0 N–H and O–H groups in total. The zero-order valence-corrected chi connectivity index (χ0v) is 9.80. The normalized spacial score (nSPS) is 23.6. The zero-order chi connectivity index (χ0) is 12.1. The standard InChI is InChI=1S/C13H16O4/c1-2-15-12(14)8-13-16-9-11(17-13)10-6-4-3-5-7-10/h3-7,11,13H,2,8-9H2,1H3. The van der Waals surface area contributed by atoms with Gasteiger partial charge in [-0.1, -0.05) is 30.3 Å². The quantitative estimate of drug-likeness (QED) is 0.750. The van der Waals surface area contributed by atoms with Crippen molar-refractivity contribution in [2.75, 3.05) is 13.2 Å². The summed E-state index contributed by atoms with van der Waals surface area (Å²) in [5, 5.41) is 0. The van der Waals surface area contributed by atoms with Crippen LogP contribution in [0.3, 0.4) is 0 Å². The minimum absolute atomic E-state index is 0.0874. The molecule has 0 radical (unpaired) electrons. The molecule has 0 saturated carbocycles. The molecular formula is C13H16O4. The lowest BCUT2D eigenvalue weighted by atomic mass is 10.1. The number of carbonyl (C=O) groups is 1. The Kier molecular flexibility index (Phi) is 4.12. The minimum atomic E-state index is -0.487. The molecule has 1 fully saturated rings. The van der Waals surface area contributed by atoms with Crippen LogP contribution in [0.5, 0.6) is 0 Å². The molecule has 0 aliphatic carbocycles. The lowest BCUT2D eigenvalue weighted by Gasteiger charge is -2.10. The molecule has 2 unspecified atom stereocenters. The van der Waals surface area contributed by atoms with Crippen LogP contribution >= 0.6 is 0 Å². The van der Waals surface area contributed by atoms with Crippen LogP contribution in [0.4, 0.5) is 0 Å². The van der Waals surface area contributed by atoms with Gasteiger partial charge in [0.25, 0.3) is 0 Å². The van der Waals surface area contributed by atoms with E-state index in [0.29, 0.717) is 13.2 Å². The number of benzene rings is 1. The molecular weight excluding hydrogens is 220 g/mol. The third-order valence-corrected chi connectivity index (χ3v) is 2.56. The van der Waals surface area contributed by atoms with Gasteiger partial charge in [0.1, 0.15) is 6.10 Å². The van der Waals surface area contributed by atoms with Gasteiger partial charge in [-0.3, -0.25) is 4.79 Å². The second-order valence-corrected chi connectivity index (χ2v) is 3.81. The summed E-state index contributed by atoms with van der Waals surface area (Å²) in [7, 11) is 0. The van der Waals surface area contributed by atoms with Gasteiger partial charge < -0.3 is 14.2 Å². The van der Waals surface area contributed by atoms with E-state index in [0.717, 1.165) is 5.56 Å². The summed E-state index contributed by atoms with van der Waals surface area (Å²) in [4.78, 5) is 11.3. The number of hydrogen-bond donors (Lipinski definition) is 0. The van der Waals surface area contributed by atoms with Gasteiger partial charge in [0.2, 0.25) is 0 Å². The molecule has 0 bridgehead atoms. The molecule has 4 nitrogen and oxygen atoms in total. The third kappa shape index (κ3) is 3.28. The highest BCUT2D eigenvalue weighted by Crippen LogP contribution is 2.27. The first kappa shape index (κ1) is 12.1. The van der Waals surface area contributed by atoms with Crippen molar-refractivity contribution in [1.29, 1.82) is 0 Å². The largest absolute Gasteiger partial charge is 0.466 e. The average Bonchev–Trinajstić information content (AvgIpc) is 2.79. The summed E-state index contributed by atoms with van der Waals surface area (Å²) < 4.78 is 15.9. The van der Waals surface area contributed by atoms with E-state index in [-0.39, 0.29) is 18.5 Å². The fraction of sp³-hybridized carbons (Fsp3) is 0.462. The molecule has 92 valence electrons. The van der Waals surface area contributed by atoms with Crippen LogP contribution in [-0.2, 0) is 19.0 Å². The zero-order valence-electron chi connectivity index (χ0n) is 9.80. The highest BCUT2D eigenvalue weighted by Gasteiger charge is 2.29. The first-order chi connectivity index (χ1) is 8.29. The molecule has 1 aliphatic heterocycles. The maximum absolute atomic E-state index is 11.3. The van der Waals surface area contributed by atoms with Gasteiger partial charge in [-0.25, -0.2) is 0 Å². The smallest absolute Gasteiger partial charge is 0.310 e. The Morgan fingerprint density at radius 1 is 1.41 bits per heavy atom. The molecule has 17 heavy (non-hydrogen) atoms. The van der Waals surface area contributed by atoms with Gasteiger partial charge in [0.05, 0.1) is 19.6 Å². The molecule has 0 spiro atoms. The van der Waals surface area contributed by atoms with E-state index in [1.807, 2.05) is 30.3 Å². The second kappa shape index (κ2) is 5.80. The van der Waals surface area contributed by atoms with E-state index in [4.69, 9.17) is 14.2 Å². The van der Waals surface area contributed by atoms with Crippen molar-refractivity contribution in [3.63, 3.8) is 0 Å². The maximum Gasteiger partial charge on any atom is 0.310 e. The Bertz CT molecular complexity index is 363. The topological polar surface area (TPSA) is 44.8 Å². The second-order valence-electron chi connectivity index (χ2n) is 3.81. The fourth-order valence-corrected chi connectivity index (χ4v) is 1.76. The van der Waals surface area contributed by atoms with Gasteiger partial charge in [0.15, 0.2) is 6.29 Å². The Morgan fingerprint density at radius 2 is 2.18 bits per heavy atom. The van der Waals surface area contributed by atoms with Crippen LogP contribution in [0.2, 0.25) is 0 Å². The van der Waals surface area contributed by atoms with E-state index in [1.165, 1.54) is 0 Å². The SMILES string of the molecule is CCOC(=O)CC1OCC(c2ccccc2)O1. The highest BCUT2D eigenvalue weighted by atomic mass is 16.7. The minimum Gasteiger partial charge on any atom is -0.466 e. The van der Waals surface area contributed by atoms with E-state index >= 15 is 0 Å². The Balaban J connectivity index is 1.86. The van der Waals surface area contributed by atoms with Gasteiger partial charge in [-0.15, -0.1) is 0 Å². The summed E-state index contributed by atoms with van der Waals surface area (Å²) in [5.41, 5.74) is 1.07. The lowest BCUT2D eigenvalue weighted by molar-refractivity contribution is -0.152. The molecule has 1 saturated heterocycles. The monoisotopic (exact) mass is 236 g/mol. The van der Waals surface area contributed by atoms with E-state index in [1.54, 1.807) is 6.92 Å². The predicted octanol–water partition coefficient (Wildman–Crippen LogP) is 2.05. The summed E-state index contributed by atoms with van der Waals surface area (Å²) in [6.07, 6.45) is -0.424. The summed E-state index contributed by atoms with van der Waals surface area (Å²) in [6.45, 7) is 2.64. The number of hydrogen-bond acceptors (Lipinski definition) is 4. The molecule has 4 heteroatoms. The van der Waals surface area contributed by atoms with Crippen molar-refractivity contribution < 1.29 is 19.0 Å². The highest BCUT2D eigenvalue weighted by molar-refractivity contribution is 5.69. The number of carbonyl (C=O) groups excluding carboxylic acids is 1. The Morgan fingerprint density at radius 3 is 2.88 bits per heavy atom. The van der Waals surface area contributed by atoms with Crippen molar-refractivity contribution in [1.82, 2.24) is 0 Å². The summed E-state index contributed by atoms with van der Waals surface area (Å²) in [5.74, 6) is -0.286. The van der Waals surface area contributed by atoms with Gasteiger partial charge in [-0.2, -0.15) is 0 Å². The van der Waals surface area contributed by atoms with Crippen molar-refractivity contribution in [3.8, 4) is 0 Å². The predicted molar refractivity (Wildman–Crippen MR) is 61.3 cm³/mol. The molecule has 0 aromatic heterocycles. The van der Waals surface area contributed by atoms with Crippen LogP contribution in [0.1, 0.15) is 25.0 Å². The maximum atomic E-state index is 11.3. The van der Waals surface area contributed by atoms with E-state index in [2.05, 4.69) is 0 Å². The summed E-state index contributed by atoms with van der Waals surface area (Å²) in [6, 6.07) is 9.84. The Labute approximate surface area is 100 Å². The van der Waals surface area contributed by atoms with E-state index < -0.39 is 6.29 Å². The van der Waals surface area contributed by atoms with Crippen LogP contribution in [0, 0.1) is 0 Å². The van der Waals surface area contributed by atoms with Crippen LogP contribution < -0.4 is 0 Å². The third-order valence-electron chi connectivity index (χ3n) is 2.56. The molecule has 1 aromatic rings. The molecule has 0 amide bonds.